The minimum atomic E-state index is 0.614. The summed E-state index contributed by atoms with van der Waals surface area (Å²) in [5.41, 5.74) is 0. The third kappa shape index (κ3) is 5.13. The van der Waals surface area contributed by atoms with Crippen molar-refractivity contribution < 1.29 is 0 Å². The van der Waals surface area contributed by atoms with Crippen LogP contribution in [0.3, 0.4) is 0 Å². The maximum absolute atomic E-state index is 4.35. The van der Waals surface area contributed by atoms with E-state index in [1.54, 1.807) is 23.1 Å². The lowest BCUT2D eigenvalue weighted by Crippen LogP contribution is -2.16. The molecule has 6 heteroatoms. The van der Waals surface area contributed by atoms with Crippen LogP contribution in [0.1, 0.15) is 31.0 Å². The van der Waals surface area contributed by atoms with Crippen molar-refractivity contribution in [3.05, 3.63) is 28.2 Å². The van der Waals surface area contributed by atoms with Gasteiger partial charge in [-0.3, -0.25) is 0 Å². The molecule has 0 radical (unpaired) electrons. The molecule has 1 N–H and O–H groups in total. The van der Waals surface area contributed by atoms with Gasteiger partial charge in [-0.1, -0.05) is 31.7 Å². The van der Waals surface area contributed by atoms with E-state index in [4.69, 9.17) is 0 Å². The van der Waals surface area contributed by atoms with Gasteiger partial charge < -0.3 is 9.88 Å². The first-order chi connectivity index (χ1) is 10.2. The highest BCUT2D eigenvalue weighted by molar-refractivity contribution is 7.98. The van der Waals surface area contributed by atoms with Crippen LogP contribution < -0.4 is 5.32 Å². The molecular weight excluding hydrogens is 300 g/mol. The molecule has 2 heterocycles. The molecule has 21 heavy (non-hydrogen) atoms. The summed E-state index contributed by atoms with van der Waals surface area (Å²) < 4.78 is 2.27. The molecule has 0 bridgehead atoms. The van der Waals surface area contributed by atoms with Crippen molar-refractivity contribution in [3.8, 4) is 0 Å². The summed E-state index contributed by atoms with van der Waals surface area (Å²) in [6.07, 6.45) is 4.14. The molecule has 0 amide bonds. The smallest absolute Gasteiger partial charge is 0.190 e. The molecule has 0 saturated heterocycles. The molecule has 4 nitrogen and oxygen atoms in total. The Hall–Kier alpha value is -0.850. The predicted octanol–water partition coefficient (Wildman–Crippen LogP) is 3.44. The third-order valence-electron chi connectivity index (χ3n) is 3.16. The van der Waals surface area contributed by atoms with E-state index in [1.165, 1.54) is 4.88 Å². The van der Waals surface area contributed by atoms with Crippen molar-refractivity contribution in [2.75, 3.05) is 12.8 Å². The van der Waals surface area contributed by atoms with Crippen molar-refractivity contribution in [3.63, 3.8) is 0 Å². The van der Waals surface area contributed by atoms with Gasteiger partial charge in [-0.05, 0) is 36.6 Å². The van der Waals surface area contributed by atoms with Gasteiger partial charge in [0.2, 0.25) is 0 Å². The zero-order chi connectivity index (χ0) is 15.1. The number of aryl methyl sites for hydroxylation is 1. The van der Waals surface area contributed by atoms with Gasteiger partial charge in [0, 0.05) is 24.4 Å². The van der Waals surface area contributed by atoms with Crippen molar-refractivity contribution >= 4 is 23.1 Å². The third-order valence-corrected chi connectivity index (χ3v) is 4.70. The second-order valence-corrected chi connectivity index (χ2v) is 7.27. The van der Waals surface area contributed by atoms with Crippen LogP contribution in [0.25, 0.3) is 0 Å². The molecule has 116 valence electrons. The summed E-state index contributed by atoms with van der Waals surface area (Å²) in [7, 11) is 0. The molecule has 0 unspecified atom stereocenters. The van der Waals surface area contributed by atoms with E-state index in [1.807, 2.05) is 0 Å². The molecular formula is C15H24N4S2. The summed E-state index contributed by atoms with van der Waals surface area (Å²) in [6.45, 7) is 7.45. The monoisotopic (exact) mass is 324 g/mol. The van der Waals surface area contributed by atoms with Crippen LogP contribution >= 0.6 is 23.1 Å². The number of rotatable bonds is 9. The number of thioether (sulfide) groups is 1. The van der Waals surface area contributed by atoms with Crippen LogP contribution in [-0.4, -0.2) is 27.6 Å². The number of nitrogens with zero attached hydrogens (tertiary/aromatic N) is 3. The first-order valence-corrected chi connectivity index (χ1v) is 9.50. The number of thiophene rings is 1. The topological polar surface area (TPSA) is 42.7 Å². The van der Waals surface area contributed by atoms with E-state index in [2.05, 4.69) is 57.7 Å². The Morgan fingerprint density at radius 2 is 2.24 bits per heavy atom. The van der Waals surface area contributed by atoms with Gasteiger partial charge in [-0.15, -0.1) is 21.5 Å². The molecule has 2 aromatic rings. The van der Waals surface area contributed by atoms with Crippen LogP contribution in [0.15, 0.2) is 22.7 Å². The Bertz CT molecular complexity index is 520. The van der Waals surface area contributed by atoms with Gasteiger partial charge in [-0.2, -0.15) is 0 Å². The van der Waals surface area contributed by atoms with Gasteiger partial charge in [0.1, 0.15) is 5.82 Å². The Balaban J connectivity index is 1.78. The molecule has 0 aliphatic heterocycles. The van der Waals surface area contributed by atoms with E-state index >= 15 is 0 Å². The second kappa shape index (κ2) is 8.56. The van der Waals surface area contributed by atoms with Gasteiger partial charge in [0.25, 0.3) is 0 Å². The van der Waals surface area contributed by atoms with E-state index in [9.17, 15) is 0 Å². The highest BCUT2D eigenvalue weighted by atomic mass is 32.2. The van der Waals surface area contributed by atoms with Crippen LogP contribution in [0.5, 0.6) is 0 Å². The Morgan fingerprint density at radius 1 is 1.38 bits per heavy atom. The van der Waals surface area contributed by atoms with Crippen molar-refractivity contribution in [1.29, 1.82) is 0 Å². The SMILES string of the molecule is CSc1nnc(CCCNCc2cccs2)n1CC(C)C. The lowest BCUT2D eigenvalue weighted by Gasteiger charge is -2.11. The van der Waals surface area contributed by atoms with E-state index in [0.717, 1.165) is 43.5 Å². The molecule has 2 rings (SSSR count). The van der Waals surface area contributed by atoms with Gasteiger partial charge in [-0.25, -0.2) is 0 Å². The number of nitrogens with one attached hydrogen (secondary N) is 1. The minimum absolute atomic E-state index is 0.614. The largest absolute Gasteiger partial charge is 0.312 e. The number of hydrogen-bond donors (Lipinski definition) is 1. The average molecular weight is 325 g/mol. The Labute approximate surface area is 135 Å². The summed E-state index contributed by atoms with van der Waals surface area (Å²) in [6, 6.07) is 4.27. The summed E-state index contributed by atoms with van der Waals surface area (Å²) in [4.78, 5) is 1.39. The van der Waals surface area contributed by atoms with Crippen LogP contribution in [0.4, 0.5) is 0 Å². The fraction of sp³-hybridized carbons (Fsp3) is 0.600. The van der Waals surface area contributed by atoms with Gasteiger partial charge in [0.15, 0.2) is 5.16 Å². The van der Waals surface area contributed by atoms with E-state index in [0.29, 0.717) is 5.92 Å². The molecule has 0 atom stereocenters. The predicted molar refractivity (Wildman–Crippen MR) is 91.0 cm³/mol. The minimum Gasteiger partial charge on any atom is -0.312 e. The summed E-state index contributed by atoms with van der Waals surface area (Å²) in [5, 5.41) is 15.3. The molecule has 0 fully saturated rings. The van der Waals surface area contributed by atoms with Crippen molar-refractivity contribution in [2.24, 2.45) is 5.92 Å². The highest BCUT2D eigenvalue weighted by Gasteiger charge is 2.12. The first-order valence-electron chi connectivity index (χ1n) is 7.40. The highest BCUT2D eigenvalue weighted by Crippen LogP contribution is 2.16. The molecule has 0 saturated carbocycles. The van der Waals surface area contributed by atoms with Crippen LogP contribution in [-0.2, 0) is 19.5 Å². The second-order valence-electron chi connectivity index (χ2n) is 5.47. The van der Waals surface area contributed by atoms with E-state index in [-0.39, 0.29) is 0 Å². The normalized spacial score (nSPS) is 11.4. The zero-order valence-electron chi connectivity index (χ0n) is 13.0. The Kier molecular flexibility index (Phi) is 6.73. The lowest BCUT2D eigenvalue weighted by molar-refractivity contribution is 0.476. The fourth-order valence-corrected chi connectivity index (χ4v) is 3.40. The Morgan fingerprint density at radius 3 is 2.90 bits per heavy atom. The standard InChI is InChI=1S/C15H24N4S2/c1-12(2)11-19-14(17-18-15(19)20-3)7-4-8-16-10-13-6-5-9-21-13/h5-6,9,12,16H,4,7-8,10-11H2,1-3H3. The summed E-state index contributed by atoms with van der Waals surface area (Å²) >= 11 is 3.48. The fourth-order valence-electron chi connectivity index (χ4n) is 2.20. The van der Waals surface area contributed by atoms with Crippen LogP contribution in [0, 0.1) is 5.92 Å². The first kappa shape index (κ1) is 16.5. The molecule has 0 aliphatic rings. The maximum atomic E-state index is 4.35. The molecule has 0 spiro atoms. The maximum Gasteiger partial charge on any atom is 0.190 e. The van der Waals surface area contributed by atoms with E-state index < -0.39 is 0 Å². The van der Waals surface area contributed by atoms with Gasteiger partial charge >= 0.3 is 0 Å². The summed E-state index contributed by atoms with van der Waals surface area (Å²) in [5.74, 6) is 1.73. The molecule has 0 aromatic carbocycles. The molecule has 0 aliphatic carbocycles. The lowest BCUT2D eigenvalue weighted by atomic mass is 10.2. The van der Waals surface area contributed by atoms with Crippen molar-refractivity contribution in [2.45, 2.75) is 44.9 Å². The van der Waals surface area contributed by atoms with Gasteiger partial charge in [0.05, 0.1) is 0 Å². The number of aromatic nitrogens is 3. The van der Waals surface area contributed by atoms with Crippen LogP contribution in [0.2, 0.25) is 0 Å². The average Bonchev–Trinajstić information content (AvgIpc) is 3.08. The van der Waals surface area contributed by atoms with Crippen molar-refractivity contribution in [1.82, 2.24) is 20.1 Å². The quantitative estimate of drug-likeness (QED) is 0.567. The number of hydrogen-bond acceptors (Lipinski definition) is 5. The molecule has 2 aromatic heterocycles. The zero-order valence-corrected chi connectivity index (χ0v) is 14.6.